The summed E-state index contributed by atoms with van der Waals surface area (Å²) in [4.78, 5) is 45.8. The van der Waals surface area contributed by atoms with Crippen LogP contribution in [0.15, 0.2) is 41.4 Å². The molecule has 1 aliphatic heterocycles. The maximum absolute atomic E-state index is 11.6. The molecule has 1 aliphatic rings. The van der Waals surface area contributed by atoms with E-state index >= 15 is 0 Å². The van der Waals surface area contributed by atoms with Gasteiger partial charge in [0.25, 0.3) is 0 Å². The number of rotatable bonds is 10. The van der Waals surface area contributed by atoms with E-state index < -0.39 is 18.1 Å². The molecule has 0 fully saturated rings. The van der Waals surface area contributed by atoms with Gasteiger partial charge < -0.3 is 37.7 Å². The second-order valence-corrected chi connectivity index (χ2v) is 14.6. The number of carbonyl (C=O) groups excluding carboxylic acids is 3. The van der Waals surface area contributed by atoms with Crippen LogP contribution in [0.25, 0.3) is 20.4 Å². The van der Waals surface area contributed by atoms with Gasteiger partial charge >= 0.3 is 5.97 Å². The van der Waals surface area contributed by atoms with Crippen LogP contribution in [0.2, 0.25) is 0 Å². The minimum atomic E-state index is -0.580. The van der Waals surface area contributed by atoms with Crippen LogP contribution in [0.5, 0.6) is 0 Å². The number of hydrogen-bond donors (Lipinski definition) is 8. The average molecular weight is 907 g/mol. The van der Waals surface area contributed by atoms with Gasteiger partial charge in [0.05, 0.1) is 33.6 Å². The number of aliphatic hydroxyl groups is 1. The van der Waals surface area contributed by atoms with Gasteiger partial charge in [-0.05, 0) is 55.3 Å². The smallest absolute Gasteiger partial charge is 0.323 e. The van der Waals surface area contributed by atoms with Crippen LogP contribution in [0, 0.1) is 11.3 Å². The van der Waals surface area contributed by atoms with Gasteiger partial charge in [-0.1, -0.05) is 46.2 Å². The van der Waals surface area contributed by atoms with Crippen molar-refractivity contribution in [3.05, 3.63) is 57.5 Å². The molecular formula is C37H60ClN9O5S5. The number of ether oxygens (including phenoxy) is 1. The minimum Gasteiger partial charge on any atom is -0.468 e. The summed E-state index contributed by atoms with van der Waals surface area (Å²) in [6.45, 7) is 4.35. The molecule has 0 unspecified atom stereocenters. The fraction of sp³-hybridized carbons (Fsp3) is 0.486. The molecule has 2 aromatic heterocycles. The number of hydrogen-bond acceptors (Lipinski definition) is 17. The van der Waals surface area contributed by atoms with Crippen molar-refractivity contribution in [2.24, 2.45) is 22.2 Å². The van der Waals surface area contributed by atoms with Crippen LogP contribution in [0.1, 0.15) is 55.3 Å². The molecule has 2 amide bonds. The number of carbonyl (C=O) groups is 3. The number of thioether (sulfide) groups is 1. The van der Waals surface area contributed by atoms with E-state index in [2.05, 4.69) is 112 Å². The van der Waals surface area contributed by atoms with Gasteiger partial charge in [0.15, 0.2) is 5.01 Å². The summed E-state index contributed by atoms with van der Waals surface area (Å²) in [7, 11) is 6.99. The van der Waals surface area contributed by atoms with Crippen molar-refractivity contribution in [1.82, 2.24) is 20.6 Å². The highest BCUT2D eigenvalue weighted by atomic mass is 35.5. The predicted molar refractivity (Wildman–Crippen MR) is 251 cm³/mol. The first-order valence-electron chi connectivity index (χ1n) is 17.1. The third-order valence-corrected chi connectivity index (χ3v) is 10.9. The van der Waals surface area contributed by atoms with Gasteiger partial charge in [-0.3, -0.25) is 19.4 Å². The number of esters is 1. The summed E-state index contributed by atoms with van der Waals surface area (Å²) < 4.78 is 6.60. The monoisotopic (exact) mass is 905 g/mol. The Morgan fingerprint density at radius 1 is 0.930 bits per heavy atom. The Hall–Kier alpha value is -3.03. The number of benzene rings is 2. The largest absolute Gasteiger partial charge is 0.468 e. The normalized spacial score (nSPS) is 13.0. The van der Waals surface area contributed by atoms with Crippen LogP contribution < -0.4 is 27.8 Å². The summed E-state index contributed by atoms with van der Waals surface area (Å²) in [6, 6.07) is 13.4. The molecule has 4 aromatic rings. The lowest BCUT2D eigenvalue weighted by Gasteiger charge is -2.03. The first kappa shape index (κ1) is 58.3. The van der Waals surface area contributed by atoms with Crippen molar-refractivity contribution in [3.63, 3.8) is 0 Å². The summed E-state index contributed by atoms with van der Waals surface area (Å²) in [6.07, 6.45) is 4.48. The molecule has 0 aliphatic carbocycles. The highest BCUT2D eigenvalue weighted by molar-refractivity contribution is 8.15. The molecule has 3 heterocycles. The third-order valence-electron chi connectivity index (χ3n) is 6.94. The molecule has 2 aromatic carbocycles. The summed E-state index contributed by atoms with van der Waals surface area (Å²) in [5.41, 5.74) is 19.5. The van der Waals surface area contributed by atoms with Gasteiger partial charge in [-0.15, -0.1) is 46.8 Å². The van der Waals surface area contributed by atoms with Crippen LogP contribution in [-0.4, -0.2) is 109 Å². The zero-order valence-electron chi connectivity index (χ0n) is 32.8. The van der Waals surface area contributed by atoms with E-state index in [9.17, 15) is 14.4 Å². The van der Waals surface area contributed by atoms with Crippen molar-refractivity contribution in [2.45, 2.75) is 65.1 Å². The molecule has 320 valence electrons. The van der Waals surface area contributed by atoms with Crippen molar-refractivity contribution in [2.75, 3.05) is 52.6 Å². The Balaban J connectivity index is -0.000000707. The molecule has 0 saturated heterocycles. The fourth-order valence-corrected chi connectivity index (χ4v) is 7.53. The van der Waals surface area contributed by atoms with Crippen LogP contribution in [0.3, 0.4) is 0 Å². The number of aryl methyl sites for hydroxylation is 2. The summed E-state index contributed by atoms with van der Waals surface area (Å²) in [5.74, 6) is 0.807. The standard InChI is InChI=1S/C15H17N3OS2.C11H10N2S.C4H10N2OS.C4H9NO2S.CH5N.CH4O.CH4.ClH/c1-3-4-9-5-6-10-12(7-9)21-15(17-10)14-18-11(8-20-14)13(19)16-2;1-2-3-8-4-5-9-10(6-8)14-11(7-12)13-9;1-6-4(7)3(5)2-8;1-7-4(6)3(5)2-8;2*1-2;;/h5-7,11H,3-4,8H2,1-2H3,(H,16,19);4-6H,2-3H2,1H3;3,8H,2,5H2,1H3,(H,6,7);3,8H,2,5H2,1H3;2H2,1H3;2H,1H3;1H4;1H/t11-;;2*3-;;;;/m1.11..../s1. The summed E-state index contributed by atoms with van der Waals surface area (Å²) >= 11 is 12.3. The quantitative estimate of drug-likeness (QED) is 0.0803. The van der Waals surface area contributed by atoms with Crippen LogP contribution >= 0.6 is 72.1 Å². The first-order chi connectivity index (χ1) is 26.5. The molecule has 9 N–H and O–H groups in total. The molecular weight excluding hydrogens is 846 g/mol. The number of aromatic nitrogens is 2. The van der Waals surface area contributed by atoms with Crippen molar-refractivity contribution in [3.8, 4) is 6.07 Å². The molecule has 3 atom stereocenters. The number of aliphatic hydroxyl groups excluding tert-OH is 1. The van der Waals surface area contributed by atoms with E-state index in [4.69, 9.17) is 21.8 Å². The zero-order chi connectivity index (χ0) is 41.9. The van der Waals surface area contributed by atoms with Gasteiger partial charge in [0, 0.05) is 38.5 Å². The number of nitrogens with zero attached hydrogens (tertiary/aromatic N) is 4. The van der Waals surface area contributed by atoms with E-state index in [1.54, 1.807) is 37.2 Å². The number of thiazole rings is 2. The van der Waals surface area contributed by atoms with Crippen molar-refractivity contribution >= 4 is 115 Å². The number of nitrogens with one attached hydrogen (secondary N) is 2. The number of methoxy groups -OCH3 is 1. The van der Waals surface area contributed by atoms with Gasteiger partial charge in [-0.25, -0.2) is 9.97 Å². The highest BCUT2D eigenvalue weighted by Crippen LogP contribution is 2.30. The maximum atomic E-state index is 11.6. The van der Waals surface area contributed by atoms with E-state index in [1.165, 1.54) is 41.3 Å². The number of fused-ring (bicyclic) bond motifs is 2. The molecule has 0 bridgehead atoms. The Morgan fingerprint density at radius 3 is 1.84 bits per heavy atom. The lowest BCUT2D eigenvalue weighted by atomic mass is 10.1. The highest BCUT2D eigenvalue weighted by Gasteiger charge is 2.26. The average Bonchev–Trinajstić information content (AvgIpc) is 4.00. The number of nitriles is 1. The van der Waals surface area contributed by atoms with Gasteiger partial charge in [0.1, 0.15) is 28.2 Å². The SMILES string of the molecule is C.CCCc1ccc2nc(C#N)sc2c1.CCCc1ccc2nc(C3=N[C@@H](C(=O)NC)CS3)sc2c1.CN.CNC(=O)[C@H](N)CS.CO.COC(=O)[C@H](N)CS.Cl. The molecule has 57 heavy (non-hydrogen) atoms. The maximum Gasteiger partial charge on any atom is 0.323 e. The van der Waals surface area contributed by atoms with Gasteiger partial charge in [-0.2, -0.15) is 30.5 Å². The number of nitrogens with two attached hydrogens (primary N) is 3. The van der Waals surface area contributed by atoms with E-state index in [-0.39, 0.29) is 37.7 Å². The Labute approximate surface area is 366 Å². The predicted octanol–water partition coefficient (Wildman–Crippen LogP) is 4.62. The van der Waals surface area contributed by atoms with Crippen LogP contribution in [-0.2, 0) is 32.0 Å². The topological polar surface area (TPSA) is 245 Å². The third kappa shape index (κ3) is 20.5. The van der Waals surface area contributed by atoms with Gasteiger partial charge in [0.2, 0.25) is 11.8 Å². The number of likely N-dealkylation sites (N-methyl/N-ethyl adjacent to an activating group) is 2. The van der Waals surface area contributed by atoms with E-state index in [0.29, 0.717) is 22.3 Å². The minimum absolute atomic E-state index is 0. The molecule has 0 spiro atoms. The zero-order valence-corrected chi connectivity index (χ0v) is 37.8. The Morgan fingerprint density at radius 2 is 1.44 bits per heavy atom. The van der Waals surface area contributed by atoms with Crippen molar-refractivity contribution < 1.29 is 24.2 Å². The fourth-order valence-electron chi connectivity index (χ4n) is 4.25. The second-order valence-electron chi connectivity index (χ2n) is 10.8. The number of aliphatic imine (C=N–C) groups is 1. The number of thiol groups is 2. The molecule has 5 rings (SSSR count). The first-order valence-corrected chi connectivity index (χ1v) is 21.0. The Kier molecular flexibility index (Phi) is 34.7. The van der Waals surface area contributed by atoms with E-state index in [1.807, 2.05) is 6.07 Å². The number of amides is 2. The van der Waals surface area contributed by atoms with Crippen molar-refractivity contribution in [1.29, 1.82) is 5.26 Å². The molecule has 14 nitrogen and oxygen atoms in total. The number of halogens is 1. The lowest BCUT2D eigenvalue weighted by Crippen LogP contribution is -2.39. The van der Waals surface area contributed by atoms with Crippen LogP contribution in [0.4, 0.5) is 0 Å². The Bertz CT molecular complexity index is 1800. The molecule has 0 radical (unpaired) electrons. The second kappa shape index (κ2) is 33.9. The molecule has 0 saturated carbocycles. The molecule has 20 heteroatoms. The lowest BCUT2D eigenvalue weighted by molar-refractivity contribution is -0.141. The summed E-state index contributed by atoms with van der Waals surface area (Å²) in [5, 5.41) is 23.1. The van der Waals surface area contributed by atoms with E-state index in [0.717, 1.165) is 58.6 Å².